The third-order valence-electron chi connectivity index (χ3n) is 7.57. The van der Waals surface area contributed by atoms with Crippen LogP contribution in [0.5, 0.6) is 17.2 Å². The number of aromatic nitrogens is 2. The van der Waals surface area contributed by atoms with E-state index in [1.54, 1.807) is 37.7 Å². The van der Waals surface area contributed by atoms with Gasteiger partial charge in [-0.2, -0.15) is 0 Å². The Balaban J connectivity index is 1.17. The fourth-order valence-corrected chi connectivity index (χ4v) is 5.08. The highest BCUT2D eigenvalue weighted by Crippen LogP contribution is 2.49. The standard InChI is InChI=1S/C34H27FN2O4/c1-40-31-21-29-27(20-26(31)28-4-2-3-16-36-28)30(13-17-37-29)41-25-11-7-23(8-12-25)19-33(39)34(14-15-34)32(38)18-22-5-9-24(35)10-6-22/h2-13,16-17,20-21H,14-15,18-19H2,1H3. The minimum absolute atomic E-state index is 0.0746. The van der Waals surface area contributed by atoms with Gasteiger partial charge < -0.3 is 9.47 Å². The summed E-state index contributed by atoms with van der Waals surface area (Å²) in [6.45, 7) is 0. The number of ketones is 2. The number of methoxy groups -OCH3 is 1. The molecule has 0 atom stereocenters. The van der Waals surface area contributed by atoms with Crippen LogP contribution in [0.3, 0.4) is 0 Å². The summed E-state index contributed by atoms with van der Waals surface area (Å²) in [5.74, 6) is 1.38. The number of carbonyl (C=O) groups excluding carboxylic acids is 2. The van der Waals surface area contributed by atoms with Gasteiger partial charge in [-0.3, -0.25) is 19.6 Å². The van der Waals surface area contributed by atoms with Crippen molar-refractivity contribution in [1.82, 2.24) is 9.97 Å². The molecule has 0 spiro atoms. The van der Waals surface area contributed by atoms with Crippen LogP contribution in [0, 0.1) is 11.2 Å². The fraction of sp³-hybridized carbons (Fsp3) is 0.176. The van der Waals surface area contributed by atoms with Crippen LogP contribution < -0.4 is 9.47 Å². The number of Topliss-reactive ketones (excluding diaryl/α,β-unsaturated/α-hetero) is 2. The summed E-state index contributed by atoms with van der Waals surface area (Å²) < 4.78 is 25.1. The Kier molecular flexibility index (Phi) is 7.01. The molecule has 1 fully saturated rings. The Morgan fingerprint density at radius 3 is 2.10 bits per heavy atom. The number of carbonyl (C=O) groups is 2. The van der Waals surface area contributed by atoms with E-state index in [1.165, 1.54) is 12.1 Å². The molecule has 204 valence electrons. The first kappa shape index (κ1) is 26.3. The normalized spacial score (nSPS) is 13.5. The van der Waals surface area contributed by atoms with E-state index >= 15 is 0 Å². The zero-order valence-electron chi connectivity index (χ0n) is 22.5. The summed E-state index contributed by atoms with van der Waals surface area (Å²) in [5.41, 5.74) is 2.93. The van der Waals surface area contributed by atoms with Crippen molar-refractivity contribution < 1.29 is 23.5 Å². The molecule has 7 heteroatoms. The van der Waals surface area contributed by atoms with Gasteiger partial charge in [-0.05, 0) is 72.5 Å². The quantitative estimate of drug-likeness (QED) is 0.177. The molecule has 1 aliphatic rings. The number of nitrogens with zero attached hydrogens (tertiary/aromatic N) is 2. The first-order chi connectivity index (χ1) is 19.9. The third-order valence-corrected chi connectivity index (χ3v) is 7.57. The highest BCUT2D eigenvalue weighted by Gasteiger charge is 2.54. The maximum absolute atomic E-state index is 13.2. The van der Waals surface area contributed by atoms with E-state index in [0.29, 0.717) is 35.7 Å². The highest BCUT2D eigenvalue weighted by atomic mass is 19.1. The second kappa shape index (κ2) is 10.9. The summed E-state index contributed by atoms with van der Waals surface area (Å²) in [4.78, 5) is 35.1. The van der Waals surface area contributed by atoms with Crippen molar-refractivity contribution in [2.75, 3.05) is 7.11 Å². The van der Waals surface area contributed by atoms with Gasteiger partial charge in [0.05, 0.1) is 23.7 Å². The molecule has 0 aliphatic heterocycles. The van der Waals surface area contributed by atoms with Crippen molar-refractivity contribution in [3.8, 4) is 28.5 Å². The lowest BCUT2D eigenvalue weighted by Crippen LogP contribution is -2.28. The van der Waals surface area contributed by atoms with Gasteiger partial charge >= 0.3 is 0 Å². The number of halogens is 1. The summed E-state index contributed by atoms with van der Waals surface area (Å²) in [5, 5.41) is 0.809. The van der Waals surface area contributed by atoms with Crippen LogP contribution in [0.4, 0.5) is 4.39 Å². The van der Waals surface area contributed by atoms with Gasteiger partial charge in [-0.25, -0.2) is 4.39 Å². The molecule has 5 aromatic rings. The van der Waals surface area contributed by atoms with Crippen molar-refractivity contribution in [3.63, 3.8) is 0 Å². The Morgan fingerprint density at radius 1 is 0.805 bits per heavy atom. The van der Waals surface area contributed by atoms with Crippen molar-refractivity contribution in [1.29, 1.82) is 0 Å². The number of hydrogen-bond acceptors (Lipinski definition) is 6. The highest BCUT2D eigenvalue weighted by molar-refractivity contribution is 6.11. The molecule has 2 aromatic heterocycles. The van der Waals surface area contributed by atoms with E-state index in [1.807, 2.05) is 54.6 Å². The summed E-state index contributed by atoms with van der Waals surface area (Å²) in [7, 11) is 1.62. The van der Waals surface area contributed by atoms with E-state index in [-0.39, 0.29) is 30.2 Å². The van der Waals surface area contributed by atoms with Gasteiger partial charge in [-0.1, -0.05) is 30.3 Å². The van der Waals surface area contributed by atoms with E-state index in [0.717, 1.165) is 27.7 Å². The van der Waals surface area contributed by atoms with E-state index in [4.69, 9.17) is 9.47 Å². The van der Waals surface area contributed by atoms with E-state index in [9.17, 15) is 14.0 Å². The lowest BCUT2D eigenvalue weighted by molar-refractivity contribution is -0.133. The van der Waals surface area contributed by atoms with Gasteiger partial charge in [0.2, 0.25) is 0 Å². The molecule has 2 heterocycles. The average molecular weight is 547 g/mol. The third kappa shape index (κ3) is 5.43. The van der Waals surface area contributed by atoms with Crippen molar-refractivity contribution in [3.05, 3.63) is 114 Å². The predicted molar refractivity (Wildman–Crippen MR) is 154 cm³/mol. The van der Waals surface area contributed by atoms with Crippen LogP contribution in [0.15, 0.2) is 97.3 Å². The zero-order chi connectivity index (χ0) is 28.4. The van der Waals surface area contributed by atoms with Gasteiger partial charge in [0, 0.05) is 42.3 Å². The largest absolute Gasteiger partial charge is 0.496 e. The molecular formula is C34H27FN2O4. The number of rotatable bonds is 10. The molecule has 6 rings (SSSR count). The molecule has 6 nitrogen and oxygen atoms in total. The Hall–Kier alpha value is -4.91. The number of pyridine rings is 2. The minimum atomic E-state index is -0.925. The topological polar surface area (TPSA) is 78.4 Å². The van der Waals surface area contributed by atoms with E-state index < -0.39 is 5.41 Å². The van der Waals surface area contributed by atoms with Crippen LogP contribution in [-0.2, 0) is 22.4 Å². The predicted octanol–water partition coefficient (Wildman–Crippen LogP) is 6.94. The number of fused-ring (bicyclic) bond motifs is 1. The van der Waals surface area contributed by atoms with Crippen molar-refractivity contribution in [2.45, 2.75) is 25.7 Å². The number of ether oxygens (including phenoxy) is 2. The van der Waals surface area contributed by atoms with Gasteiger partial charge in [-0.15, -0.1) is 0 Å². The minimum Gasteiger partial charge on any atom is -0.496 e. The Labute approximate surface area is 236 Å². The number of hydrogen-bond donors (Lipinski definition) is 0. The SMILES string of the molecule is COc1cc2nccc(Oc3ccc(CC(=O)C4(C(=O)Cc5ccc(F)cc5)CC4)cc3)c2cc1-c1ccccn1. The molecule has 0 bridgehead atoms. The molecule has 0 unspecified atom stereocenters. The summed E-state index contributed by atoms with van der Waals surface area (Å²) in [6, 6.07) is 24.5. The average Bonchev–Trinajstić information content (AvgIpc) is 3.82. The molecule has 0 N–H and O–H groups in total. The first-order valence-electron chi connectivity index (χ1n) is 13.4. The second-order valence-electron chi connectivity index (χ2n) is 10.2. The van der Waals surface area contributed by atoms with Crippen LogP contribution in [0.25, 0.3) is 22.2 Å². The fourth-order valence-electron chi connectivity index (χ4n) is 5.08. The smallest absolute Gasteiger partial charge is 0.150 e. The molecule has 0 amide bonds. The Bertz CT molecular complexity index is 1730. The van der Waals surface area contributed by atoms with Crippen LogP contribution in [0.2, 0.25) is 0 Å². The monoisotopic (exact) mass is 546 g/mol. The zero-order valence-corrected chi connectivity index (χ0v) is 22.5. The van der Waals surface area contributed by atoms with Crippen LogP contribution >= 0.6 is 0 Å². The lowest BCUT2D eigenvalue weighted by atomic mass is 9.88. The van der Waals surface area contributed by atoms with E-state index in [2.05, 4.69) is 9.97 Å². The number of benzene rings is 3. The molecule has 0 saturated heterocycles. The molecule has 1 saturated carbocycles. The summed E-state index contributed by atoms with van der Waals surface area (Å²) in [6.07, 6.45) is 4.84. The molecular weight excluding hydrogens is 519 g/mol. The van der Waals surface area contributed by atoms with Crippen LogP contribution in [0.1, 0.15) is 24.0 Å². The lowest BCUT2D eigenvalue weighted by Gasteiger charge is -2.14. The molecule has 41 heavy (non-hydrogen) atoms. The molecule has 3 aromatic carbocycles. The first-order valence-corrected chi connectivity index (χ1v) is 13.4. The molecule has 1 aliphatic carbocycles. The van der Waals surface area contributed by atoms with Gasteiger partial charge in [0.15, 0.2) is 11.6 Å². The maximum atomic E-state index is 13.2. The van der Waals surface area contributed by atoms with Gasteiger partial charge in [0.1, 0.15) is 23.1 Å². The molecule has 0 radical (unpaired) electrons. The van der Waals surface area contributed by atoms with Gasteiger partial charge in [0.25, 0.3) is 0 Å². The second-order valence-corrected chi connectivity index (χ2v) is 10.2. The van der Waals surface area contributed by atoms with Crippen LogP contribution in [-0.4, -0.2) is 28.6 Å². The van der Waals surface area contributed by atoms with Crippen molar-refractivity contribution >= 4 is 22.5 Å². The maximum Gasteiger partial charge on any atom is 0.150 e. The van der Waals surface area contributed by atoms with Crippen molar-refractivity contribution in [2.24, 2.45) is 5.41 Å². The Morgan fingerprint density at radius 2 is 1.49 bits per heavy atom. The summed E-state index contributed by atoms with van der Waals surface area (Å²) >= 11 is 0.